The first-order valence-corrected chi connectivity index (χ1v) is 11.3. The van der Waals surface area contributed by atoms with Crippen LogP contribution in [0.4, 0.5) is 0 Å². The van der Waals surface area contributed by atoms with E-state index in [0.29, 0.717) is 31.0 Å². The third-order valence-corrected chi connectivity index (χ3v) is 5.45. The summed E-state index contributed by atoms with van der Waals surface area (Å²) in [6.07, 6.45) is 3.42. The number of aryl methyl sites for hydroxylation is 1. The zero-order chi connectivity index (χ0) is 25.6. The van der Waals surface area contributed by atoms with E-state index in [9.17, 15) is 14.9 Å². The first-order chi connectivity index (χ1) is 16.7. The molecule has 0 aliphatic heterocycles. The van der Waals surface area contributed by atoms with Crippen LogP contribution < -0.4 is 15.6 Å². The number of pyridine rings is 1. The van der Waals surface area contributed by atoms with E-state index in [-0.39, 0.29) is 22.4 Å². The predicted octanol–water partition coefficient (Wildman–Crippen LogP) is 4.15. The summed E-state index contributed by atoms with van der Waals surface area (Å²) < 4.78 is 12.4. The predicted molar refractivity (Wildman–Crippen MR) is 135 cm³/mol. The second-order valence-electron chi connectivity index (χ2n) is 9.17. The second kappa shape index (κ2) is 11.0. The molecule has 0 radical (unpaired) electrons. The van der Waals surface area contributed by atoms with Crippen LogP contribution in [0.5, 0.6) is 11.6 Å². The van der Waals surface area contributed by atoms with Gasteiger partial charge in [-0.25, -0.2) is 0 Å². The van der Waals surface area contributed by atoms with Gasteiger partial charge in [0.15, 0.2) is 0 Å². The van der Waals surface area contributed by atoms with Crippen LogP contribution in [0.2, 0.25) is 0 Å². The minimum Gasteiger partial charge on any atom is -0.438 e. The van der Waals surface area contributed by atoms with Crippen molar-refractivity contribution < 1.29 is 14.3 Å². The number of aromatic nitrogens is 2. The van der Waals surface area contributed by atoms with Gasteiger partial charge in [-0.15, -0.1) is 0 Å². The van der Waals surface area contributed by atoms with Gasteiger partial charge < -0.3 is 14.8 Å². The molecule has 0 fully saturated rings. The van der Waals surface area contributed by atoms with Crippen molar-refractivity contribution in [1.82, 2.24) is 14.7 Å². The summed E-state index contributed by atoms with van der Waals surface area (Å²) in [5.74, 6) is -0.0782. The first kappa shape index (κ1) is 25.7. The standard InChI is InChI=1S/C27H30N4O4/c1-18-8-6-14-31-23(18)30-25(35-21-11-9-20(10-12-21)27(2,3)4)22(26(31)33)16-19(17-28)24(32)29-13-7-15-34-5/h6,8-12,14,16H,7,13,15H2,1-5H3,(H,29,32)/b19-16+. The molecule has 0 unspecified atom stereocenters. The van der Waals surface area contributed by atoms with Gasteiger partial charge in [0.25, 0.3) is 11.5 Å². The average molecular weight is 475 g/mol. The molecule has 182 valence electrons. The number of benzene rings is 1. The largest absolute Gasteiger partial charge is 0.438 e. The molecule has 3 aromatic rings. The van der Waals surface area contributed by atoms with Crippen LogP contribution in [-0.2, 0) is 14.9 Å². The van der Waals surface area contributed by atoms with Crippen LogP contribution in [0.25, 0.3) is 11.7 Å². The van der Waals surface area contributed by atoms with Crippen LogP contribution in [-0.4, -0.2) is 35.6 Å². The number of hydrogen-bond acceptors (Lipinski definition) is 6. The topological polar surface area (TPSA) is 106 Å². The Hall–Kier alpha value is -3.96. The van der Waals surface area contributed by atoms with Crippen LogP contribution in [0.15, 0.2) is 53.0 Å². The Labute approximate surface area is 204 Å². The molecule has 0 atom stereocenters. The highest BCUT2D eigenvalue weighted by Crippen LogP contribution is 2.28. The van der Waals surface area contributed by atoms with Crippen LogP contribution in [0.3, 0.4) is 0 Å². The van der Waals surface area contributed by atoms with Gasteiger partial charge in [0, 0.05) is 26.5 Å². The molecule has 1 amide bonds. The highest BCUT2D eigenvalue weighted by atomic mass is 16.5. The molecule has 35 heavy (non-hydrogen) atoms. The van der Waals surface area contributed by atoms with E-state index < -0.39 is 11.5 Å². The summed E-state index contributed by atoms with van der Waals surface area (Å²) >= 11 is 0. The summed E-state index contributed by atoms with van der Waals surface area (Å²) in [5, 5.41) is 12.3. The van der Waals surface area contributed by atoms with E-state index >= 15 is 0 Å². The van der Waals surface area contributed by atoms with Crippen molar-refractivity contribution in [3.05, 3.63) is 75.2 Å². The highest BCUT2D eigenvalue weighted by molar-refractivity contribution is 6.01. The number of ether oxygens (including phenoxy) is 2. The monoisotopic (exact) mass is 474 g/mol. The van der Waals surface area contributed by atoms with Gasteiger partial charge in [-0.05, 0) is 54.2 Å². The van der Waals surface area contributed by atoms with Crippen molar-refractivity contribution in [2.45, 2.75) is 39.5 Å². The zero-order valence-corrected chi connectivity index (χ0v) is 20.7. The molecule has 1 N–H and O–H groups in total. The fourth-order valence-electron chi connectivity index (χ4n) is 3.43. The molecule has 0 saturated carbocycles. The molecule has 1 aromatic carbocycles. The Morgan fingerprint density at radius 1 is 1.23 bits per heavy atom. The second-order valence-corrected chi connectivity index (χ2v) is 9.17. The molecule has 0 aliphatic carbocycles. The van der Waals surface area contributed by atoms with Gasteiger partial charge in [0.1, 0.15) is 28.6 Å². The number of carbonyl (C=O) groups is 1. The van der Waals surface area contributed by atoms with Crippen molar-refractivity contribution in [1.29, 1.82) is 5.26 Å². The summed E-state index contributed by atoms with van der Waals surface area (Å²) in [7, 11) is 1.57. The van der Waals surface area contributed by atoms with Crippen molar-refractivity contribution >= 4 is 17.6 Å². The van der Waals surface area contributed by atoms with E-state index in [1.54, 1.807) is 19.4 Å². The zero-order valence-electron chi connectivity index (χ0n) is 20.7. The number of amides is 1. The molecule has 2 heterocycles. The molecule has 8 heteroatoms. The molecule has 8 nitrogen and oxygen atoms in total. The summed E-state index contributed by atoms with van der Waals surface area (Å²) in [6.45, 7) is 9.00. The Morgan fingerprint density at radius 3 is 2.57 bits per heavy atom. The fraction of sp³-hybridized carbons (Fsp3) is 0.333. The number of nitriles is 1. The molecule has 2 aromatic heterocycles. The van der Waals surface area contributed by atoms with E-state index in [1.165, 1.54) is 10.5 Å². The van der Waals surface area contributed by atoms with Gasteiger partial charge in [-0.2, -0.15) is 10.2 Å². The Morgan fingerprint density at radius 2 is 1.94 bits per heavy atom. The van der Waals surface area contributed by atoms with Gasteiger partial charge >= 0.3 is 0 Å². The first-order valence-electron chi connectivity index (χ1n) is 11.3. The molecule has 3 rings (SSSR count). The van der Waals surface area contributed by atoms with Crippen molar-refractivity contribution in [3.63, 3.8) is 0 Å². The van der Waals surface area contributed by atoms with Gasteiger partial charge in [0.2, 0.25) is 5.88 Å². The molecular weight excluding hydrogens is 444 g/mol. The number of methoxy groups -OCH3 is 1. The number of carbonyl (C=O) groups excluding carboxylic acids is 1. The lowest BCUT2D eigenvalue weighted by Gasteiger charge is -2.19. The smallest absolute Gasteiger partial charge is 0.269 e. The molecule has 0 aliphatic rings. The van der Waals surface area contributed by atoms with Crippen molar-refractivity contribution in [2.24, 2.45) is 0 Å². The molecular formula is C27H30N4O4. The summed E-state index contributed by atoms with van der Waals surface area (Å²) in [4.78, 5) is 30.5. The lowest BCUT2D eigenvalue weighted by molar-refractivity contribution is -0.117. The maximum atomic E-state index is 13.4. The molecule has 0 bridgehead atoms. The highest BCUT2D eigenvalue weighted by Gasteiger charge is 2.19. The maximum Gasteiger partial charge on any atom is 0.269 e. The fourth-order valence-corrected chi connectivity index (χ4v) is 3.43. The number of rotatable bonds is 8. The van der Waals surface area contributed by atoms with Crippen LogP contribution in [0.1, 0.15) is 43.9 Å². The van der Waals surface area contributed by atoms with Crippen molar-refractivity contribution in [3.8, 4) is 17.7 Å². The maximum absolute atomic E-state index is 13.4. The SMILES string of the molecule is COCCCNC(=O)/C(C#N)=C/c1c(Oc2ccc(C(C)(C)C)cc2)nc2c(C)cccn2c1=O. The molecule has 0 spiro atoms. The van der Waals surface area contributed by atoms with Gasteiger partial charge in [-0.1, -0.05) is 39.0 Å². The lowest BCUT2D eigenvalue weighted by Crippen LogP contribution is -2.27. The van der Waals surface area contributed by atoms with E-state index in [1.807, 2.05) is 43.3 Å². The Bertz CT molecular complexity index is 1340. The summed E-state index contributed by atoms with van der Waals surface area (Å²) in [5.41, 5.74) is 1.66. The average Bonchev–Trinajstić information content (AvgIpc) is 2.82. The number of nitrogens with zero attached hydrogens (tertiary/aromatic N) is 3. The van der Waals surface area contributed by atoms with Gasteiger partial charge in [0.05, 0.1) is 0 Å². The van der Waals surface area contributed by atoms with Crippen molar-refractivity contribution in [2.75, 3.05) is 20.3 Å². The van der Waals surface area contributed by atoms with E-state index in [4.69, 9.17) is 9.47 Å². The number of fused-ring (bicyclic) bond motifs is 1. The minimum atomic E-state index is -0.585. The Kier molecular flexibility index (Phi) is 8.05. The minimum absolute atomic E-state index is 0.0107. The molecule has 0 saturated heterocycles. The third kappa shape index (κ3) is 6.14. The lowest BCUT2D eigenvalue weighted by atomic mass is 9.87. The normalized spacial score (nSPS) is 11.8. The van der Waals surface area contributed by atoms with E-state index in [0.717, 1.165) is 11.1 Å². The number of hydrogen-bond donors (Lipinski definition) is 1. The van der Waals surface area contributed by atoms with Gasteiger partial charge in [-0.3, -0.25) is 14.0 Å². The Balaban J connectivity index is 2.07. The summed E-state index contributed by atoms with van der Waals surface area (Å²) in [6, 6.07) is 13.0. The van der Waals surface area contributed by atoms with E-state index in [2.05, 4.69) is 31.1 Å². The van der Waals surface area contributed by atoms with Crippen LogP contribution in [0, 0.1) is 18.3 Å². The number of nitrogens with one attached hydrogen (secondary N) is 1. The third-order valence-electron chi connectivity index (χ3n) is 5.45. The van der Waals surface area contributed by atoms with Crippen LogP contribution >= 0.6 is 0 Å². The quantitative estimate of drug-likeness (QED) is 0.299.